The number of likely N-dealkylation sites (tertiary alicyclic amines) is 1. The zero-order valence-corrected chi connectivity index (χ0v) is 10.2. The number of hydrogen-bond acceptors (Lipinski definition) is 2. The molecule has 1 saturated heterocycles. The summed E-state index contributed by atoms with van der Waals surface area (Å²) in [6.07, 6.45) is 1.94. The zero-order chi connectivity index (χ0) is 11.5. The lowest BCUT2D eigenvalue weighted by atomic mass is 10.0. The van der Waals surface area contributed by atoms with Crippen molar-refractivity contribution in [3.8, 4) is 0 Å². The van der Waals surface area contributed by atoms with Crippen molar-refractivity contribution < 1.29 is 0 Å². The van der Waals surface area contributed by atoms with Gasteiger partial charge >= 0.3 is 0 Å². The summed E-state index contributed by atoms with van der Waals surface area (Å²) in [5, 5.41) is 7.99. The molecule has 2 nitrogen and oxygen atoms in total. The van der Waals surface area contributed by atoms with E-state index in [4.69, 9.17) is 5.41 Å². The highest BCUT2D eigenvalue weighted by molar-refractivity contribution is 5.89. The number of hydrogen-bond donors (Lipinski definition) is 1. The van der Waals surface area contributed by atoms with Crippen molar-refractivity contribution in [3.63, 3.8) is 0 Å². The van der Waals surface area contributed by atoms with Crippen LogP contribution in [0.1, 0.15) is 24.5 Å². The molecule has 0 aromatic heterocycles. The van der Waals surface area contributed by atoms with Crippen LogP contribution in [0, 0.1) is 12.3 Å². The Morgan fingerprint density at radius 1 is 1.31 bits per heavy atom. The van der Waals surface area contributed by atoms with Gasteiger partial charge in [-0.1, -0.05) is 36.8 Å². The molecule has 1 heterocycles. The fourth-order valence-electron chi connectivity index (χ4n) is 2.39. The maximum absolute atomic E-state index is 7.99. The average Bonchev–Trinajstić information content (AvgIpc) is 2.63. The molecule has 1 aromatic rings. The van der Waals surface area contributed by atoms with Crippen LogP contribution < -0.4 is 0 Å². The first-order valence-corrected chi connectivity index (χ1v) is 6.07. The molecule has 1 aliphatic heterocycles. The molecule has 0 bridgehead atoms. The van der Waals surface area contributed by atoms with E-state index in [0.717, 1.165) is 31.6 Å². The van der Waals surface area contributed by atoms with Crippen molar-refractivity contribution in [2.45, 2.75) is 32.7 Å². The first kappa shape index (κ1) is 11.3. The van der Waals surface area contributed by atoms with Gasteiger partial charge in [0.25, 0.3) is 0 Å². The van der Waals surface area contributed by atoms with Crippen molar-refractivity contribution >= 4 is 5.71 Å². The zero-order valence-electron chi connectivity index (χ0n) is 10.2. The fourth-order valence-corrected chi connectivity index (χ4v) is 2.39. The number of rotatable bonds is 3. The summed E-state index contributed by atoms with van der Waals surface area (Å²) < 4.78 is 0. The lowest BCUT2D eigenvalue weighted by molar-refractivity contribution is 0.291. The van der Waals surface area contributed by atoms with Crippen LogP contribution in [0.3, 0.4) is 0 Å². The van der Waals surface area contributed by atoms with Gasteiger partial charge in [0.2, 0.25) is 0 Å². The molecule has 0 radical (unpaired) electrons. The van der Waals surface area contributed by atoms with Crippen LogP contribution in [-0.2, 0) is 6.42 Å². The third kappa shape index (κ3) is 2.33. The highest BCUT2D eigenvalue weighted by Gasteiger charge is 2.27. The number of likely N-dealkylation sites (N-methyl/N-ethyl adjacent to an activating group) is 1. The van der Waals surface area contributed by atoms with E-state index in [1.165, 1.54) is 11.1 Å². The standard InChI is InChI=1S/C14H20N2/c1-3-16-9-8-13(15)14(16)10-12-6-4-11(2)5-7-12/h4-7,14-15H,3,8-10H2,1-2H3. The molecule has 2 rings (SSSR count). The van der Waals surface area contributed by atoms with Crippen LogP contribution in [0.2, 0.25) is 0 Å². The molecule has 2 heteroatoms. The highest BCUT2D eigenvalue weighted by atomic mass is 15.2. The minimum absolute atomic E-state index is 0.340. The molecule has 0 spiro atoms. The quantitative estimate of drug-likeness (QED) is 0.826. The second kappa shape index (κ2) is 4.79. The molecule has 0 aliphatic carbocycles. The SMILES string of the molecule is CCN1CCC(=N)C1Cc1ccc(C)cc1. The summed E-state index contributed by atoms with van der Waals surface area (Å²) in [4.78, 5) is 2.40. The molecule has 1 N–H and O–H groups in total. The summed E-state index contributed by atoms with van der Waals surface area (Å²) in [5.74, 6) is 0. The van der Waals surface area contributed by atoms with Gasteiger partial charge in [0.15, 0.2) is 0 Å². The van der Waals surface area contributed by atoms with Gasteiger partial charge in [-0.25, -0.2) is 0 Å². The van der Waals surface area contributed by atoms with E-state index in [1.807, 2.05) is 0 Å². The molecule has 1 atom stereocenters. The predicted molar refractivity (Wildman–Crippen MR) is 68.3 cm³/mol. The Balaban J connectivity index is 2.08. The van der Waals surface area contributed by atoms with Gasteiger partial charge in [0.1, 0.15) is 0 Å². The maximum Gasteiger partial charge on any atom is 0.0514 e. The first-order valence-electron chi connectivity index (χ1n) is 6.07. The summed E-state index contributed by atoms with van der Waals surface area (Å²) in [7, 11) is 0. The Morgan fingerprint density at radius 2 is 2.00 bits per heavy atom. The minimum Gasteiger partial charge on any atom is -0.308 e. The Morgan fingerprint density at radius 3 is 2.62 bits per heavy atom. The molecule has 0 amide bonds. The van der Waals surface area contributed by atoms with Crippen LogP contribution in [0.4, 0.5) is 0 Å². The van der Waals surface area contributed by atoms with Crippen LogP contribution in [0.25, 0.3) is 0 Å². The van der Waals surface area contributed by atoms with Gasteiger partial charge in [0, 0.05) is 12.3 Å². The van der Waals surface area contributed by atoms with E-state index >= 15 is 0 Å². The van der Waals surface area contributed by atoms with Crippen LogP contribution in [0.5, 0.6) is 0 Å². The van der Waals surface area contributed by atoms with Crippen LogP contribution in [0.15, 0.2) is 24.3 Å². The summed E-state index contributed by atoms with van der Waals surface area (Å²) in [6, 6.07) is 9.03. The number of benzene rings is 1. The summed E-state index contributed by atoms with van der Waals surface area (Å²) >= 11 is 0. The fraction of sp³-hybridized carbons (Fsp3) is 0.500. The van der Waals surface area contributed by atoms with E-state index in [1.54, 1.807) is 0 Å². The predicted octanol–water partition coefficient (Wildman–Crippen LogP) is 2.65. The van der Waals surface area contributed by atoms with Gasteiger partial charge in [-0.3, -0.25) is 4.90 Å². The van der Waals surface area contributed by atoms with Crippen molar-refractivity contribution in [2.24, 2.45) is 0 Å². The molecule has 16 heavy (non-hydrogen) atoms. The maximum atomic E-state index is 7.99. The smallest absolute Gasteiger partial charge is 0.0514 e. The molecule has 1 fully saturated rings. The summed E-state index contributed by atoms with van der Waals surface area (Å²) in [6.45, 7) is 6.41. The van der Waals surface area contributed by atoms with E-state index in [-0.39, 0.29) is 0 Å². The van der Waals surface area contributed by atoms with E-state index in [9.17, 15) is 0 Å². The number of nitrogens with one attached hydrogen (secondary N) is 1. The summed E-state index contributed by atoms with van der Waals surface area (Å²) in [5.41, 5.74) is 3.56. The lowest BCUT2D eigenvalue weighted by Gasteiger charge is -2.22. The van der Waals surface area contributed by atoms with Crippen molar-refractivity contribution in [3.05, 3.63) is 35.4 Å². The van der Waals surface area contributed by atoms with Gasteiger partial charge in [0.05, 0.1) is 6.04 Å². The number of aryl methyl sites for hydroxylation is 1. The molecule has 1 unspecified atom stereocenters. The third-order valence-corrected chi connectivity index (χ3v) is 3.47. The van der Waals surface area contributed by atoms with Gasteiger partial charge in [-0.05, 0) is 31.9 Å². The normalized spacial score (nSPS) is 21.6. The van der Waals surface area contributed by atoms with Crippen molar-refractivity contribution in [1.82, 2.24) is 4.90 Å². The monoisotopic (exact) mass is 216 g/mol. The highest BCUT2D eigenvalue weighted by Crippen LogP contribution is 2.18. The van der Waals surface area contributed by atoms with Crippen molar-refractivity contribution in [2.75, 3.05) is 13.1 Å². The Hall–Kier alpha value is -1.15. The first-order chi connectivity index (χ1) is 7.70. The molecule has 0 saturated carbocycles. The van der Waals surface area contributed by atoms with Gasteiger partial charge in [-0.2, -0.15) is 0 Å². The Kier molecular flexibility index (Phi) is 3.39. The van der Waals surface area contributed by atoms with Crippen LogP contribution >= 0.6 is 0 Å². The molecular formula is C14H20N2. The number of nitrogens with zero attached hydrogens (tertiary/aromatic N) is 1. The second-order valence-electron chi connectivity index (χ2n) is 4.61. The van der Waals surface area contributed by atoms with E-state index in [0.29, 0.717) is 6.04 Å². The van der Waals surface area contributed by atoms with E-state index in [2.05, 4.69) is 43.0 Å². The van der Waals surface area contributed by atoms with Crippen molar-refractivity contribution in [1.29, 1.82) is 5.41 Å². The molecule has 86 valence electrons. The topological polar surface area (TPSA) is 27.1 Å². The lowest BCUT2D eigenvalue weighted by Crippen LogP contribution is -2.34. The second-order valence-corrected chi connectivity index (χ2v) is 4.61. The van der Waals surface area contributed by atoms with Crippen LogP contribution in [-0.4, -0.2) is 29.7 Å². The molecular weight excluding hydrogens is 196 g/mol. The molecule has 1 aromatic carbocycles. The van der Waals surface area contributed by atoms with Gasteiger partial charge < -0.3 is 5.41 Å². The van der Waals surface area contributed by atoms with Gasteiger partial charge in [-0.15, -0.1) is 0 Å². The third-order valence-electron chi connectivity index (χ3n) is 3.47. The molecule has 1 aliphatic rings. The minimum atomic E-state index is 0.340. The van der Waals surface area contributed by atoms with E-state index < -0.39 is 0 Å². The average molecular weight is 216 g/mol. The Labute approximate surface area is 97.8 Å². The largest absolute Gasteiger partial charge is 0.308 e. The Bertz CT molecular complexity index is 367.